The standard InChI is InChI=1S/C14H20N4O2/c1-3-18-14(16-10-17-18)9-20-13-8-12(19-2)5-4-11(13)6-7-15/h4-5,8,10H,3,6-7,9,15H2,1-2H3. The Morgan fingerprint density at radius 2 is 2.20 bits per heavy atom. The predicted molar refractivity (Wildman–Crippen MR) is 75.8 cm³/mol. The lowest BCUT2D eigenvalue weighted by Gasteiger charge is -2.12. The Balaban J connectivity index is 2.14. The first-order chi connectivity index (χ1) is 9.78. The van der Waals surface area contributed by atoms with Gasteiger partial charge in [-0.15, -0.1) is 0 Å². The summed E-state index contributed by atoms with van der Waals surface area (Å²) in [6, 6.07) is 5.76. The maximum Gasteiger partial charge on any atom is 0.164 e. The summed E-state index contributed by atoms with van der Waals surface area (Å²) in [5.41, 5.74) is 6.69. The second-order valence-electron chi connectivity index (χ2n) is 4.29. The van der Waals surface area contributed by atoms with E-state index in [0.29, 0.717) is 13.2 Å². The number of nitrogens with two attached hydrogens (primary N) is 1. The Labute approximate surface area is 118 Å². The van der Waals surface area contributed by atoms with Crippen LogP contribution in [0.3, 0.4) is 0 Å². The lowest BCUT2D eigenvalue weighted by molar-refractivity contribution is 0.282. The monoisotopic (exact) mass is 276 g/mol. The third-order valence-electron chi connectivity index (χ3n) is 3.04. The Kier molecular flexibility index (Phi) is 4.95. The molecule has 0 radical (unpaired) electrons. The van der Waals surface area contributed by atoms with Crippen LogP contribution >= 0.6 is 0 Å². The van der Waals surface area contributed by atoms with Crippen LogP contribution in [0.4, 0.5) is 0 Å². The van der Waals surface area contributed by atoms with Gasteiger partial charge in [-0.05, 0) is 31.5 Å². The van der Waals surface area contributed by atoms with Gasteiger partial charge in [0.25, 0.3) is 0 Å². The lowest BCUT2D eigenvalue weighted by atomic mass is 10.1. The molecule has 1 aromatic carbocycles. The van der Waals surface area contributed by atoms with Gasteiger partial charge in [-0.3, -0.25) is 0 Å². The summed E-state index contributed by atoms with van der Waals surface area (Å²) in [5.74, 6) is 2.34. The second-order valence-corrected chi connectivity index (χ2v) is 4.29. The molecule has 0 saturated carbocycles. The molecule has 6 heteroatoms. The van der Waals surface area contributed by atoms with Gasteiger partial charge in [-0.2, -0.15) is 5.10 Å². The van der Waals surface area contributed by atoms with E-state index < -0.39 is 0 Å². The average Bonchev–Trinajstić information content (AvgIpc) is 2.94. The van der Waals surface area contributed by atoms with Crippen LogP contribution in [0, 0.1) is 0 Å². The van der Waals surface area contributed by atoms with Crippen molar-refractivity contribution in [2.75, 3.05) is 13.7 Å². The van der Waals surface area contributed by atoms with Crippen LogP contribution in [0.15, 0.2) is 24.5 Å². The number of rotatable bonds is 7. The van der Waals surface area contributed by atoms with Crippen molar-refractivity contribution in [1.82, 2.24) is 14.8 Å². The van der Waals surface area contributed by atoms with E-state index in [1.807, 2.05) is 29.8 Å². The van der Waals surface area contributed by atoms with Crippen molar-refractivity contribution in [3.8, 4) is 11.5 Å². The maximum atomic E-state index is 5.86. The van der Waals surface area contributed by atoms with Crippen molar-refractivity contribution in [2.24, 2.45) is 5.73 Å². The van der Waals surface area contributed by atoms with Gasteiger partial charge in [-0.1, -0.05) is 6.07 Å². The molecule has 0 bridgehead atoms. The summed E-state index contributed by atoms with van der Waals surface area (Å²) in [7, 11) is 1.63. The Hall–Kier alpha value is -2.08. The largest absolute Gasteiger partial charge is 0.497 e. The van der Waals surface area contributed by atoms with Crippen molar-refractivity contribution < 1.29 is 9.47 Å². The highest BCUT2D eigenvalue weighted by molar-refractivity contribution is 5.41. The van der Waals surface area contributed by atoms with E-state index >= 15 is 0 Å². The van der Waals surface area contributed by atoms with E-state index in [4.69, 9.17) is 15.2 Å². The quantitative estimate of drug-likeness (QED) is 0.827. The smallest absolute Gasteiger partial charge is 0.164 e. The molecule has 1 aromatic heterocycles. The summed E-state index contributed by atoms with van der Waals surface area (Å²) < 4.78 is 12.9. The number of ether oxygens (including phenoxy) is 2. The van der Waals surface area contributed by atoms with Crippen LogP contribution in [-0.4, -0.2) is 28.4 Å². The number of methoxy groups -OCH3 is 1. The Morgan fingerprint density at radius 1 is 1.35 bits per heavy atom. The zero-order valence-electron chi connectivity index (χ0n) is 11.9. The number of nitrogens with zero attached hydrogens (tertiary/aromatic N) is 3. The molecule has 0 unspecified atom stereocenters. The van der Waals surface area contributed by atoms with Crippen LogP contribution in [0.1, 0.15) is 18.3 Å². The summed E-state index contributed by atoms with van der Waals surface area (Å²) in [4.78, 5) is 4.19. The maximum absolute atomic E-state index is 5.86. The zero-order chi connectivity index (χ0) is 14.4. The van der Waals surface area contributed by atoms with E-state index in [2.05, 4.69) is 10.1 Å². The third kappa shape index (κ3) is 3.27. The van der Waals surface area contributed by atoms with Crippen LogP contribution in [0.25, 0.3) is 0 Å². The molecule has 2 aromatic rings. The van der Waals surface area contributed by atoms with Crippen molar-refractivity contribution in [1.29, 1.82) is 0 Å². The zero-order valence-corrected chi connectivity index (χ0v) is 11.9. The van der Waals surface area contributed by atoms with E-state index in [0.717, 1.165) is 35.9 Å². The minimum atomic E-state index is 0.374. The number of hydrogen-bond donors (Lipinski definition) is 1. The number of hydrogen-bond acceptors (Lipinski definition) is 5. The molecule has 1 heterocycles. The molecule has 6 nitrogen and oxygen atoms in total. The number of aryl methyl sites for hydroxylation is 1. The first kappa shape index (κ1) is 14.3. The van der Waals surface area contributed by atoms with Crippen molar-refractivity contribution in [3.05, 3.63) is 35.9 Å². The van der Waals surface area contributed by atoms with E-state index in [1.54, 1.807) is 7.11 Å². The number of benzene rings is 1. The second kappa shape index (κ2) is 6.91. The minimum Gasteiger partial charge on any atom is -0.497 e. The molecule has 0 aliphatic rings. The molecule has 0 amide bonds. The fourth-order valence-electron chi connectivity index (χ4n) is 1.96. The Morgan fingerprint density at radius 3 is 2.90 bits per heavy atom. The predicted octanol–water partition coefficient (Wildman–Crippen LogP) is 1.39. The lowest BCUT2D eigenvalue weighted by Crippen LogP contribution is -2.09. The molecule has 0 aliphatic heterocycles. The molecule has 0 aliphatic carbocycles. The van der Waals surface area contributed by atoms with Gasteiger partial charge < -0.3 is 15.2 Å². The molecule has 20 heavy (non-hydrogen) atoms. The van der Waals surface area contributed by atoms with Gasteiger partial charge in [0.1, 0.15) is 24.4 Å². The first-order valence-electron chi connectivity index (χ1n) is 6.65. The van der Waals surface area contributed by atoms with Crippen LogP contribution < -0.4 is 15.2 Å². The van der Waals surface area contributed by atoms with Crippen molar-refractivity contribution in [2.45, 2.75) is 26.5 Å². The van der Waals surface area contributed by atoms with Gasteiger partial charge >= 0.3 is 0 Å². The molecular weight excluding hydrogens is 256 g/mol. The minimum absolute atomic E-state index is 0.374. The molecule has 0 spiro atoms. The number of aromatic nitrogens is 3. The topological polar surface area (TPSA) is 75.2 Å². The van der Waals surface area contributed by atoms with Gasteiger partial charge in [0.05, 0.1) is 7.11 Å². The van der Waals surface area contributed by atoms with Gasteiger partial charge in [0, 0.05) is 12.6 Å². The molecule has 108 valence electrons. The SMILES string of the molecule is CCn1ncnc1COc1cc(OC)ccc1CCN. The fourth-order valence-corrected chi connectivity index (χ4v) is 1.96. The van der Waals surface area contributed by atoms with Crippen molar-refractivity contribution >= 4 is 0 Å². The van der Waals surface area contributed by atoms with Gasteiger partial charge in [0.15, 0.2) is 5.82 Å². The molecule has 2 N–H and O–H groups in total. The normalized spacial score (nSPS) is 10.6. The van der Waals surface area contributed by atoms with Gasteiger partial charge in [-0.25, -0.2) is 9.67 Å². The van der Waals surface area contributed by atoms with E-state index in [9.17, 15) is 0 Å². The molecular formula is C14H20N4O2. The molecule has 2 rings (SSSR count). The first-order valence-corrected chi connectivity index (χ1v) is 6.65. The van der Waals surface area contributed by atoms with E-state index in [1.165, 1.54) is 6.33 Å². The van der Waals surface area contributed by atoms with E-state index in [-0.39, 0.29) is 0 Å². The molecule has 0 atom stereocenters. The third-order valence-corrected chi connectivity index (χ3v) is 3.04. The highest BCUT2D eigenvalue weighted by atomic mass is 16.5. The van der Waals surface area contributed by atoms with Crippen molar-refractivity contribution in [3.63, 3.8) is 0 Å². The summed E-state index contributed by atoms with van der Waals surface area (Å²) >= 11 is 0. The summed E-state index contributed by atoms with van der Waals surface area (Å²) in [5, 5.41) is 4.12. The fraction of sp³-hybridized carbons (Fsp3) is 0.429. The average molecular weight is 276 g/mol. The van der Waals surface area contributed by atoms with Gasteiger partial charge in [0.2, 0.25) is 0 Å². The highest BCUT2D eigenvalue weighted by Gasteiger charge is 2.08. The Bertz CT molecular complexity index is 554. The molecule has 0 fully saturated rings. The highest BCUT2D eigenvalue weighted by Crippen LogP contribution is 2.25. The molecule has 0 saturated heterocycles. The summed E-state index contributed by atoms with van der Waals surface area (Å²) in [6.07, 6.45) is 2.30. The summed E-state index contributed by atoms with van der Waals surface area (Å²) in [6.45, 7) is 3.74. The van der Waals surface area contributed by atoms with Crippen LogP contribution in [0.5, 0.6) is 11.5 Å². The van der Waals surface area contributed by atoms with Crippen LogP contribution in [-0.2, 0) is 19.6 Å². The van der Waals surface area contributed by atoms with Crippen LogP contribution in [0.2, 0.25) is 0 Å².